The molecule has 82 valence electrons. The molecule has 0 radical (unpaired) electrons. The summed E-state index contributed by atoms with van der Waals surface area (Å²) < 4.78 is 63.6. The Morgan fingerprint density at radius 2 is 1.64 bits per heavy atom. The third-order valence-electron chi connectivity index (χ3n) is 1.32. The van der Waals surface area contributed by atoms with Gasteiger partial charge in [-0.05, 0) is 6.92 Å². The molecule has 14 heavy (non-hydrogen) atoms. The molecule has 7 heteroatoms. The van der Waals surface area contributed by atoms with Gasteiger partial charge in [0.1, 0.15) is 0 Å². The highest BCUT2D eigenvalue weighted by molar-refractivity contribution is 5.96. The van der Waals surface area contributed by atoms with Crippen molar-refractivity contribution in [2.24, 2.45) is 0 Å². The van der Waals surface area contributed by atoms with Crippen molar-refractivity contribution >= 4 is 5.78 Å². The zero-order valence-electron chi connectivity index (χ0n) is 7.28. The molecule has 0 aromatic heterocycles. The van der Waals surface area contributed by atoms with Gasteiger partial charge < -0.3 is 4.74 Å². The van der Waals surface area contributed by atoms with Crippen molar-refractivity contribution in [2.45, 2.75) is 19.0 Å². The first-order valence-corrected chi connectivity index (χ1v) is 3.34. The van der Waals surface area contributed by atoms with Crippen LogP contribution in [0, 0.1) is 0 Å². The van der Waals surface area contributed by atoms with Crippen molar-refractivity contribution in [2.75, 3.05) is 7.11 Å². The number of ether oxygens (including phenoxy) is 1. The van der Waals surface area contributed by atoms with Crippen molar-refractivity contribution in [3.8, 4) is 0 Å². The Balaban J connectivity index is 4.87. The van der Waals surface area contributed by atoms with E-state index in [1.807, 2.05) is 0 Å². The fourth-order valence-electron chi connectivity index (χ4n) is 0.474. The quantitative estimate of drug-likeness (QED) is 0.412. The first kappa shape index (κ1) is 12.9. The van der Waals surface area contributed by atoms with Gasteiger partial charge in [-0.25, -0.2) is 0 Å². The van der Waals surface area contributed by atoms with E-state index < -0.39 is 17.9 Å². The van der Waals surface area contributed by atoms with Gasteiger partial charge >= 0.3 is 12.1 Å². The van der Waals surface area contributed by atoms with Gasteiger partial charge in [0.15, 0.2) is 0 Å². The van der Waals surface area contributed by atoms with Gasteiger partial charge in [-0.1, -0.05) is 0 Å². The van der Waals surface area contributed by atoms with E-state index in [4.69, 9.17) is 0 Å². The monoisotopic (exact) mass is 218 g/mol. The Morgan fingerprint density at radius 1 is 1.21 bits per heavy atom. The molecule has 0 aromatic rings. The minimum Gasteiger partial charge on any atom is -0.501 e. The normalized spacial score (nSPS) is 14.1. The lowest BCUT2D eigenvalue weighted by Gasteiger charge is -2.16. The van der Waals surface area contributed by atoms with E-state index >= 15 is 0 Å². The van der Waals surface area contributed by atoms with Crippen LogP contribution in [0.5, 0.6) is 0 Å². The standard InChI is InChI=1S/C7H7F5O2/c1-4(14-2)3-5(13)6(8,9)7(10,11)12/h3H,1-2H3/b4-3-. The minimum absolute atomic E-state index is 0.105. The van der Waals surface area contributed by atoms with Gasteiger partial charge in [0, 0.05) is 6.08 Å². The summed E-state index contributed by atoms with van der Waals surface area (Å²) in [5, 5.41) is 0. The average molecular weight is 218 g/mol. The van der Waals surface area contributed by atoms with Crippen molar-refractivity contribution in [1.29, 1.82) is 0 Å². The van der Waals surface area contributed by atoms with Gasteiger partial charge in [0.05, 0.1) is 12.9 Å². The van der Waals surface area contributed by atoms with Gasteiger partial charge in [-0.3, -0.25) is 4.79 Å². The van der Waals surface area contributed by atoms with Crippen molar-refractivity contribution in [1.82, 2.24) is 0 Å². The van der Waals surface area contributed by atoms with Gasteiger partial charge in [-0.2, -0.15) is 22.0 Å². The molecule has 0 atom stereocenters. The maximum Gasteiger partial charge on any atom is 0.461 e. The minimum atomic E-state index is -5.88. The molecule has 0 fully saturated rings. The zero-order valence-corrected chi connectivity index (χ0v) is 7.28. The fourth-order valence-corrected chi connectivity index (χ4v) is 0.474. The van der Waals surface area contributed by atoms with Crippen LogP contribution in [0.1, 0.15) is 6.92 Å². The highest BCUT2D eigenvalue weighted by Gasteiger charge is 2.62. The molecule has 0 rings (SSSR count). The van der Waals surface area contributed by atoms with Crippen LogP contribution in [0.4, 0.5) is 22.0 Å². The molecule has 2 nitrogen and oxygen atoms in total. The van der Waals surface area contributed by atoms with Crippen LogP contribution < -0.4 is 0 Å². The number of carbonyl (C=O) groups excluding carboxylic acids is 1. The van der Waals surface area contributed by atoms with E-state index in [0.717, 1.165) is 14.0 Å². The number of carbonyl (C=O) groups is 1. The second kappa shape index (κ2) is 3.93. The summed E-state index contributed by atoms with van der Waals surface area (Å²) in [4.78, 5) is 10.5. The Labute approximate surface area is 76.3 Å². The summed E-state index contributed by atoms with van der Waals surface area (Å²) in [6, 6.07) is 0. The lowest BCUT2D eigenvalue weighted by Crippen LogP contribution is -2.43. The first-order chi connectivity index (χ1) is 6.13. The van der Waals surface area contributed by atoms with Gasteiger partial charge in [0.2, 0.25) is 5.78 Å². The van der Waals surface area contributed by atoms with E-state index in [1.54, 1.807) is 0 Å². The molecule has 0 amide bonds. The molecule has 0 saturated heterocycles. The number of alkyl halides is 5. The first-order valence-electron chi connectivity index (χ1n) is 3.34. The molecule has 0 aromatic carbocycles. The van der Waals surface area contributed by atoms with E-state index in [2.05, 4.69) is 4.74 Å². The number of ketones is 1. The lowest BCUT2D eigenvalue weighted by atomic mass is 10.2. The molecule has 0 aliphatic rings. The number of rotatable bonds is 3. The van der Waals surface area contributed by atoms with Crippen molar-refractivity contribution in [3.05, 3.63) is 11.8 Å². The summed E-state index contributed by atoms with van der Waals surface area (Å²) in [7, 11) is 1.05. The van der Waals surface area contributed by atoms with Crippen LogP contribution in [0.3, 0.4) is 0 Å². The highest BCUT2D eigenvalue weighted by atomic mass is 19.4. The Bertz CT molecular complexity index is 253. The van der Waals surface area contributed by atoms with Crippen molar-refractivity contribution in [3.63, 3.8) is 0 Å². The maximum atomic E-state index is 12.2. The summed E-state index contributed by atoms with van der Waals surface area (Å²) in [6.07, 6.45) is -5.78. The molecular weight excluding hydrogens is 211 g/mol. The molecular formula is C7H7F5O2. The smallest absolute Gasteiger partial charge is 0.461 e. The molecule has 0 heterocycles. The van der Waals surface area contributed by atoms with E-state index in [0.29, 0.717) is 0 Å². The number of hydrogen-bond acceptors (Lipinski definition) is 2. The molecule has 0 N–H and O–H groups in total. The molecule has 0 saturated carbocycles. The molecule has 0 aliphatic carbocycles. The van der Waals surface area contributed by atoms with Crippen molar-refractivity contribution < 1.29 is 31.5 Å². The number of halogens is 5. The van der Waals surface area contributed by atoms with Crippen LogP contribution in [-0.2, 0) is 9.53 Å². The summed E-state index contributed by atoms with van der Waals surface area (Å²) >= 11 is 0. The van der Waals surface area contributed by atoms with Crippen LogP contribution in [0.2, 0.25) is 0 Å². The molecule has 0 spiro atoms. The fraction of sp³-hybridized carbons (Fsp3) is 0.571. The topological polar surface area (TPSA) is 26.3 Å². The van der Waals surface area contributed by atoms with Crippen LogP contribution >= 0.6 is 0 Å². The highest BCUT2D eigenvalue weighted by Crippen LogP contribution is 2.36. The molecule has 0 bridgehead atoms. The predicted molar refractivity (Wildman–Crippen MR) is 36.8 cm³/mol. The SMILES string of the molecule is CO/C(C)=C\C(=O)C(F)(F)C(F)(F)F. The maximum absolute atomic E-state index is 12.2. The molecule has 0 unspecified atom stereocenters. The number of allylic oxidation sites excluding steroid dienone is 2. The van der Waals surface area contributed by atoms with Crippen LogP contribution in [-0.4, -0.2) is 25.0 Å². The van der Waals surface area contributed by atoms with Crippen LogP contribution in [0.15, 0.2) is 11.8 Å². The Morgan fingerprint density at radius 3 is 1.93 bits per heavy atom. The number of hydrogen-bond donors (Lipinski definition) is 0. The number of methoxy groups -OCH3 is 1. The Kier molecular flexibility index (Phi) is 3.61. The summed E-state index contributed by atoms with van der Waals surface area (Å²) in [6.45, 7) is 1.09. The third-order valence-corrected chi connectivity index (χ3v) is 1.32. The summed E-state index contributed by atoms with van der Waals surface area (Å²) in [5.41, 5.74) is 0. The summed E-state index contributed by atoms with van der Waals surface area (Å²) in [5.74, 6) is -8.03. The largest absolute Gasteiger partial charge is 0.501 e. The third kappa shape index (κ3) is 2.68. The van der Waals surface area contributed by atoms with E-state index in [1.165, 1.54) is 0 Å². The average Bonchev–Trinajstić information content (AvgIpc) is 2.01. The predicted octanol–water partition coefficient (Wildman–Crippen LogP) is 2.30. The Hall–Kier alpha value is -1.14. The van der Waals surface area contributed by atoms with Gasteiger partial charge in [0.25, 0.3) is 0 Å². The van der Waals surface area contributed by atoms with E-state index in [9.17, 15) is 26.7 Å². The van der Waals surface area contributed by atoms with E-state index in [-0.39, 0.29) is 11.8 Å². The van der Waals surface area contributed by atoms with Crippen LogP contribution in [0.25, 0.3) is 0 Å². The lowest BCUT2D eigenvalue weighted by molar-refractivity contribution is -0.266. The zero-order chi connectivity index (χ0) is 11.6. The second-order valence-corrected chi connectivity index (χ2v) is 2.40. The second-order valence-electron chi connectivity index (χ2n) is 2.40. The molecule has 0 aliphatic heterocycles. The van der Waals surface area contributed by atoms with Gasteiger partial charge in [-0.15, -0.1) is 0 Å².